The first-order valence-electron chi connectivity index (χ1n) is 6.90. The van der Waals surface area contributed by atoms with Gasteiger partial charge in [-0.05, 0) is 58.8 Å². The van der Waals surface area contributed by atoms with Crippen molar-refractivity contribution < 1.29 is 9.53 Å². The predicted molar refractivity (Wildman–Crippen MR) is 67.9 cm³/mol. The molecule has 0 spiro atoms. The molecular formula is C14H25NO2. The van der Waals surface area contributed by atoms with Gasteiger partial charge in [-0.15, -0.1) is 0 Å². The van der Waals surface area contributed by atoms with Crippen molar-refractivity contribution in [1.82, 2.24) is 4.90 Å². The number of piperidine rings is 2. The highest BCUT2D eigenvalue weighted by molar-refractivity contribution is 5.69. The van der Waals surface area contributed by atoms with Crippen LogP contribution in [0.5, 0.6) is 0 Å². The SMILES string of the molecule is C[C@@H]1CC[C@H]2CCC[C@@H]1N2C(=O)OC(C)(C)C. The molecular weight excluding hydrogens is 214 g/mol. The van der Waals surface area contributed by atoms with Gasteiger partial charge in [-0.2, -0.15) is 0 Å². The van der Waals surface area contributed by atoms with Gasteiger partial charge >= 0.3 is 6.09 Å². The molecule has 3 atom stereocenters. The average molecular weight is 239 g/mol. The summed E-state index contributed by atoms with van der Waals surface area (Å²) in [5.41, 5.74) is -0.383. The molecule has 0 unspecified atom stereocenters. The Balaban J connectivity index is 2.10. The predicted octanol–water partition coefficient (Wildman–Crippen LogP) is 3.57. The van der Waals surface area contributed by atoms with Crippen LogP contribution in [0.3, 0.4) is 0 Å². The first-order valence-corrected chi connectivity index (χ1v) is 6.90. The van der Waals surface area contributed by atoms with Crippen molar-refractivity contribution in [3.8, 4) is 0 Å². The molecule has 2 aliphatic rings. The molecule has 2 saturated heterocycles. The van der Waals surface area contributed by atoms with Crippen LogP contribution in [0.15, 0.2) is 0 Å². The van der Waals surface area contributed by atoms with E-state index >= 15 is 0 Å². The monoisotopic (exact) mass is 239 g/mol. The second-order valence-electron chi connectivity index (χ2n) is 6.59. The maximum atomic E-state index is 12.3. The van der Waals surface area contributed by atoms with Crippen molar-refractivity contribution in [3.05, 3.63) is 0 Å². The number of fused-ring (bicyclic) bond motifs is 2. The highest BCUT2D eigenvalue weighted by Crippen LogP contribution is 2.37. The van der Waals surface area contributed by atoms with Gasteiger partial charge in [-0.1, -0.05) is 6.92 Å². The summed E-state index contributed by atoms with van der Waals surface area (Å²) in [5.74, 6) is 0.624. The molecule has 0 saturated carbocycles. The Bertz CT molecular complexity index is 295. The zero-order valence-electron chi connectivity index (χ0n) is 11.5. The van der Waals surface area contributed by atoms with Crippen LogP contribution in [-0.2, 0) is 4.74 Å². The van der Waals surface area contributed by atoms with Crippen LogP contribution in [-0.4, -0.2) is 28.7 Å². The van der Waals surface area contributed by atoms with Gasteiger partial charge in [-0.25, -0.2) is 4.79 Å². The van der Waals surface area contributed by atoms with Gasteiger partial charge in [0.15, 0.2) is 0 Å². The summed E-state index contributed by atoms with van der Waals surface area (Å²) in [6, 6.07) is 0.845. The lowest BCUT2D eigenvalue weighted by atomic mass is 9.79. The molecule has 2 aliphatic heterocycles. The zero-order chi connectivity index (χ0) is 12.6. The second-order valence-corrected chi connectivity index (χ2v) is 6.59. The van der Waals surface area contributed by atoms with Crippen LogP contribution in [0.1, 0.15) is 59.8 Å². The lowest BCUT2D eigenvalue weighted by molar-refractivity contribution is -0.0315. The minimum atomic E-state index is -0.383. The summed E-state index contributed by atoms with van der Waals surface area (Å²) in [6.45, 7) is 8.08. The number of hydrogen-bond donors (Lipinski definition) is 0. The first-order chi connectivity index (χ1) is 7.88. The molecule has 0 aromatic rings. The van der Waals surface area contributed by atoms with Crippen LogP contribution in [0.25, 0.3) is 0 Å². The molecule has 0 aromatic carbocycles. The molecule has 0 N–H and O–H groups in total. The van der Waals surface area contributed by atoms with E-state index in [0.717, 1.165) is 19.3 Å². The van der Waals surface area contributed by atoms with E-state index in [2.05, 4.69) is 6.92 Å². The Morgan fingerprint density at radius 3 is 2.53 bits per heavy atom. The van der Waals surface area contributed by atoms with Gasteiger partial charge in [0, 0.05) is 12.1 Å². The summed E-state index contributed by atoms with van der Waals surface area (Å²) >= 11 is 0. The number of amides is 1. The molecule has 1 amide bonds. The number of carbonyl (C=O) groups excluding carboxylic acids is 1. The van der Waals surface area contributed by atoms with E-state index in [1.807, 2.05) is 25.7 Å². The maximum Gasteiger partial charge on any atom is 0.410 e. The molecule has 17 heavy (non-hydrogen) atoms. The van der Waals surface area contributed by atoms with Gasteiger partial charge in [0.25, 0.3) is 0 Å². The molecule has 2 heterocycles. The summed E-state index contributed by atoms with van der Waals surface area (Å²) in [6.07, 6.45) is 5.88. The van der Waals surface area contributed by atoms with Crippen molar-refractivity contribution in [2.24, 2.45) is 5.92 Å². The quantitative estimate of drug-likeness (QED) is 0.646. The first kappa shape index (κ1) is 12.7. The van der Waals surface area contributed by atoms with Gasteiger partial charge in [0.05, 0.1) is 0 Å². The van der Waals surface area contributed by atoms with E-state index in [9.17, 15) is 4.79 Å². The third-order valence-corrected chi connectivity index (χ3v) is 4.00. The minimum absolute atomic E-state index is 0.0984. The average Bonchev–Trinajstić information content (AvgIpc) is 2.21. The maximum absolute atomic E-state index is 12.3. The topological polar surface area (TPSA) is 29.5 Å². The van der Waals surface area contributed by atoms with E-state index in [0.29, 0.717) is 18.0 Å². The van der Waals surface area contributed by atoms with E-state index in [-0.39, 0.29) is 11.7 Å². The van der Waals surface area contributed by atoms with Crippen LogP contribution in [0.2, 0.25) is 0 Å². The molecule has 3 heteroatoms. The third-order valence-electron chi connectivity index (χ3n) is 4.00. The fourth-order valence-electron chi connectivity index (χ4n) is 3.20. The highest BCUT2D eigenvalue weighted by atomic mass is 16.6. The number of ether oxygens (including phenoxy) is 1. The van der Waals surface area contributed by atoms with Gasteiger partial charge in [-0.3, -0.25) is 0 Å². The fourth-order valence-corrected chi connectivity index (χ4v) is 3.20. The lowest BCUT2D eigenvalue weighted by Gasteiger charge is -2.49. The van der Waals surface area contributed by atoms with Gasteiger partial charge < -0.3 is 9.64 Å². The lowest BCUT2D eigenvalue weighted by Crippen LogP contribution is -2.56. The standard InChI is InChI=1S/C14H25NO2/c1-10-8-9-11-6-5-7-12(10)15(11)13(16)17-14(2,3)4/h10-12H,5-9H2,1-4H3/t10-,11-,12+/m1/s1. The van der Waals surface area contributed by atoms with Crippen LogP contribution in [0.4, 0.5) is 4.79 Å². The van der Waals surface area contributed by atoms with Crippen LogP contribution >= 0.6 is 0 Å². The van der Waals surface area contributed by atoms with Crippen molar-refractivity contribution in [2.45, 2.75) is 77.5 Å². The van der Waals surface area contributed by atoms with E-state index in [1.54, 1.807) is 0 Å². The fraction of sp³-hybridized carbons (Fsp3) is 0.929. The van der Waals surface area contributed by atoms with Gasteiger partial charge in [0.1, 0.15) is 5.60 Å². The largest absolute Gasteiger partial charge is 0.444 e. The third kappa shape index (κ3) is 2.75. The number of rotatable bonds is 0. The van der Waals surface area contributed by atoms with Crippen molar-refractivity contribution in [1.29, 1.82) is 0 Å². The van der Waals surface area contributed by atoms with Crippen LogP contribution < -0.4 is 0 Å². The molecule has 2 bridgehead atoms. The molecule has 2 fully saturated rings. The minimum Gasteiger partial charge on any atom is -0.444 e. The number of carbonyl (C=O) groups is 1. The molecule has 98 valence electrons. The summed E-state index contributed by atoms with van der Waals surface area (Å²) in [7, 11) is 0. The molecule has 0 radical (unpaired) electrons. The molecule has 0 aromatic heterocycles. The summed E-state index contributed by atoms with van der Waals surface area (Å²) in [5, 5.41) is 0. The Labute approximate surface area is 105 Å². The second kappa shape index (κ2) is 4.51. The summed E-state index contributed by atoms with van der Waals surface area (Å²) < 4.78 is 5.55. The van der Waals surface area contributed by atoms with Crippen molar-refractivity contribution >= 4 is 6.09 Å². The van der Waals surface area contributed by atoms with Crippen LogP contribution in [0, 0.1) is 5.92 Å². The molecule has 3 nitrogen and oxygen atoms in total. The molecule has 0 aliphatic carbocycles. The normalized spacial score (nSPS) is 33.4. The number of hydrogen-bond acceptors (Lipinski definition) is 2. The van der Waals surface area contributed by atoms with E-state index in [4.69, 9.17) is 4.74 Å². The Hall–Kier alpha value is -0.730. The van der Waals surface area contributed by atoms with Gasteiger partial charge in [0.2, 0.25) is 0 Å². The Kier molecular flexibility index (Phi) is 3.37. The number of nitrogens with zero attached hydrogens (tertiary/aromatic N) is 1. The zero-order valence-corrected chi connectivity index (χ0v) is 11.5. The Morgan fingerprint density at radius 2 is 1.88 bits per heavy atom. The summed E-state index contributed by atoms with van der Waals surface area (Å²) in [4.78, 5) is 14.3. The highest BCUT2D eigenvalue weighted by Gasteiger charge is 2.42. The smallest absolute Gasteiger partial charge is 0.410 e. The van der Waals surface area contributed by atoms with Crippen molar-refractivity contribution in [2.75, 3.05) is 0 Å². The Morgan fingerprint density at radius 1 is 1.18 bits per heavy atom. The van der Waals surface area contributed by atoms with Crippen molar-refractivity contribution in [3.63, 3.8) is 0 Å². The van der Waals surface area contributed by atoms with E-state index in [1.165, 1.54) is 12.8 Å². The van der Waals surface area contributed by atoms with E-state index < -0.39 is 0 Å². The molecule has 2 rings (SSSR count).